The van der Waals surface area contributed by atoms with Gasteiger partial charge < -0.3 is 5.32 Å². The standard InChI is InChI=1S/C20H27N3OS/c1-15-13-16(2)23(22-15)14-17-7-9-18(10-8-17)20(24)21-11-12-25-19-5-3-4-6-19/h7-10,13,19H,3-6,11-12,14H2,1-2H3,(H,21,24). The van der Waals surface area contributed by atoms with Gasteiger partial charge in [-0.25, -0.2) is 0 Å². The van der Waals surface area contributed by atoms with E-state index < -0.39 is 0 Å². The van der Waals surface area contributed by atoms with Crippen LogP contribution >= 0.6 is 11.8 Å². The molecule has 5 heteroatoms. The molecule has 3 rings (SSSR count). The lowest BCUT2D eigenvalue weighted by Crippen LogP contribution is -2.26. The Morgan fingerprint density at radius 2 is 1.96 bits per heavy atom. The Bertz CT molecular complexity index is 702. The second-order valence-electron chi connectivity index (χ2n) is 6.81. The summed E-state index contributed by atoms with van der Waals surface area (Å²) in [4.78, 5) is 12.2. The van der Waals surface area contributed by atoms with Crippen molar-refractivity contribution in [1.29, 1.82) is 0 Å². The monoisotopic (exact) mass is 357 g/mol. The molecular weight excluding hydrogens is 330 g/mol. The lowest BCUT2D eigenvalue weighted by molar-refractivity contribution is 0.0956. The average molecular weight is 358 g/mol. The normalized spacial score (nSPS) is 14.8. The summed E-state index contributed by atoms with van der Waals surface area (Å²) in [5.41, 5.74) is 4.06. The van der Waals surface area contributed by atoms with Crippen LogP contribution in [-0.4, -0.2) is 33.2 Å². The van der Waals surface area contributed by atoms with Crippen LogP contribution in [0.15, 0.2) is 30.3 Å². The first-order valence-corrected chi connectivity index (χ1v) is 10.2. The average Bonchev–Trinajstić information content (AvgIpc) is 3.22. The number of hydrogen-bond donors (Lipinski definition) is 1. The molecule has 1 aromatic carbocycles. The molecule has 1 fully saturated rings. The summed E-state index contributed by atoms with van der Waals surface area (Å²) in [5, 5.41) is 8.32. The quantitative estimate of drug-likeness (QED) is 0.763. The molecule has 1 heterocycles. The molecule has 0 unspecified atom stereocenters. The number of hydrogen-bond acceptors (Lipinski definition) is 3. The number of aromatic nitrogens is 2. The lowest BCUT2D eigenvalue weighted by atomic mass is 10.1. The van der Waals surface area contributed by atoms with Crippen molar-refractivity contribution in [2.45, 2.75) is 51.3 Å². The van der Waals surface area contributed by atoms with E-state index in [1.54, 1.807) is 0 Å². The second kappa shape index (κ2) is 8.56. The number of amides is 1. The van der Waals surface area contributed by atoms with Gasteiger partial charge >= 0.3 is 0 Å². The van der Waals surface area contributed by atoms with Gasteiger partial charge in [0.15, 0.2) is 0 Å². The maximum absolute atomic E-state index is 12.2. The van der Waals surface area contributed by atoms with Crippen LogP contribution in [0.3, 0.4) is 0 Å². The SMILES string of the molecule is Cc1cc(C)n(Cc2ccc(C(=O)NCCSC3CCCC3)cc2)n1. The first-order chi connectivity index (χ1) is 12.1. The highest BCUT2D eigenvalue weighted by Gasteiger charge is 2.15. The molecule has 0 radical (unpaired) electrons. The number of nitrogens with zero attached hydrogens (tertiary/aromatic N) is 2. The highest BCUT2D eigenvalue weighted by Crippen LogP contribution is 2.28. The second-order valence-corrected chi connectivity index (χ2v) is 8.22. The van der Waals surface area contributed by atoms with E-state index in [1.165, 1.54) is 25.7 Å². The van der Waals surface area contributed by atoms with Crippen molar-refractivity contribution < 1.29 is 4.79 Å². The van der Waals surface area contributed by atoms with Crippen LogP contribution in [0, 0.1) is 13.8 Å². The third-order valence-electron chi connectivity index (χ3n) is 4.70. The molecule has 1 amide bonds. The molecule has 1 aromatic heterocycles. The van der Waals surface area contributed by atoms with Gasteiger partial charge in [0, 0.05) is 28.8 Å². The molecule has 134 valence electrons. The van der Waals surface area contributed by atoms with Crippen LogP contribution in [0.5, 0.6) is 0 Å². The van der Waals surface area contributed by atoms with Gasteiger partial charge in [0.1, 0.15) is 0 Å². The van der Waals surface area contributed by atoms with Crippen LogP contribution in [0.25, 0.3) is 0 Å². The van der Waals surface area contributed by atoms with Gasteiger partial charge in [0.2, 0.25) is 0 Å². The van der Waals surface area contributed by atoms with Crippen molar-refractivity contribution in [1.82, 2.24) is 15.1 Å². The molecule has 0 spiro atoms. The summed E-state index contributed by atoms with van der Waals surface area (Å²) >= 11 is 2.00. The van der Waals surface area contributed by atoms with E-state index in [1.807, 2.05) is 47.6 Å². The predicted molar refractivity (Wildman–Crippen MR) is 104 cm³/mol. The number of benzene rings is 1. The molecule has 2 aromatic rings. The molecule has 1 N–H and O–H groups in total. The summed E-state index contributed by atoms with van der Waals surface area (Å²) in [6.45, 7) is 5.54. The van der Waals surface area contributed by atoms with Gasteiger partial charge in [-0.15, -0.1) is 0 Å². The Balaban J connectivity index is 1.46. The number of carbonyl (C=O) groups excluding carboxylic acids is 1. The smallest absolute Gasteiger partial charge is 0.251 e. The highest BCUT2D eigenvalue weighted by atomic mass is 32.2. The first-order valence-electron chi connectivity index (χ1n) is 9.11. The van der Waals surface area contributed by atoms with Crippen LogP contribution in [0.2, 0.25) is 0 Å². The Hall–Kier alpha value is -1.75. The first kappa shape index (κ1) is 18.1. The van der Waals surface area contributed by atoms with Crippen LogP contribution in [0.4, 0.5) is 0 Å². The van der Waals surface area contributed by atoms with E-state index in [0.717, 1.165) is 46.6 Å². The van der Waals surface area contributed by atoms with Crippen molar-refractivity contribution >= 4 is 17.7 Å². The Morgan fingerprint density at radius 1 is 1.24 bits per heavy atom. The maximum Gasteiger partial charge on any atom is 0.251 e. The number of aryl methyl sites for hydroxylation is 2. The Morgan fingerprint density at radius 3 is 2.60 bits per heavy atom. The molecule has 0 saturated heterocycles. The van der Waals surface area contributed by atoms with Gasteiger partial charge in [0.25, 0.3) is 5.91 Å². The fraction of sp³-hybridized carbons (Fsp3) is 0.500. The van der Waals surface area contributed by atoms with Gasteiger partial charge in [-0.2, -0.15) is 16.9 Å². The lowest BCUT2D eigenvalue weighted by Gasteiger charge is -2.10. The summed E-state index contributed by atoms with van der Waals surface area (Å²) in [6, 6.07) is 9.91. The molecule has 4 nitrogen and oxygen atoms in total. The van der Waals surface area contributed by atoms with Crippen molar-refractivity contribution in [3.05, 3.63) is 52.8 Å². The van der Waals surface area contributed by atoms with Gasteiger partial charge in [0.05, 0.1) is 12.2 Å². The zero-order valence-electron chi connectivity index (χ0n) is 15.1. The van der Waals surface area contributed by atoms with Crippen LogP contribution in [0.1, 0.15) is 53.0 Å². The molecule has 25 heavy (non-hydrogen) atoms. The molecule has 1 saturated carbocycles. The summed E-state index contributed by atoms with van der Waals surface area (Å²) in [7, 11) is 0. The largest absolute Gasteiger partial charge is 0.351 e. The van der Waals surface area contributed by atoms with Gasteiger partial charge in [-0.3, -0.25) is 9.48 Å². The van der Waals surface area contributed by atoms with Crippen molar-refractivity contribution in [3.63, 3.8) is 0 Å². The number of carbonyl (C=O) groups is 1. The number of thioether (sulfide) groups is 1. The zero-order chi connectivity index (χ0) is 17.6. The Labute approximate surface area is 154 Å². The third-order valence-corrected chi connectivity index (χ3v) is 6.08. The van der Waals surface area contributed by atoms with Crippen LogP contribution in [-0.2, 0) is 6.54 Å². The van der Waals surface area contributed by atoms with Gasteiger partial charge in [-0.05, 0) is 50.5 Å². The molecule has 1 aliphatic rings. The molecular formula is C20H27N3OS. The maximum atomic E-state index is 12.2. The highest BCUT2D eigenvalue weighted by molar-refractivity contribution is 7.99. The van der Waals surface area contributed by atoms with Crippen molar-refractivity contribution in [2.24, 2.45) is 0 Å². The summed E-state index contributed by atoms with van der Waals surface area (Å²) in [5.74, 6) is 1.02. The minimum Gasteiger partial charge on any atom is -0.351 e. The predicted octanol–water partition coefficient (Wildman–Crippen LogP) is 3.95. The molecule has 0 atom stereocenters. The van der Waals surface area contributed by atoms with E-state index >= 15 is 0 Å². The summed E-state index contributed by atoms with van der Waals surface area (Å²) < 4.78 is 1.99. The van der Waals surface area contributed by atoms with E-state index in [2.05, 4.69) is 23.4 Å². The molecule has 1 aliphatic carbocycles. The minimum atomic E-state index is 0.0182. The van der Waals surface area contributed by atoms with Gasteiger partial charge in [-0.1, -0.05) is 25.0 Å². The number of rotatable bonds is 7. The van der Waals surface area contributed by atoms with E-state index in [4.69, 9.17) is 0 Å². The van der Waals surface area contributed by atoms with Crippen molar-refractivity contribution in [2.75, 3.05) is 12.3 Å². The summed E-state index contributed by atoms with van der Waals surface area (Å²) in [6.07, 6.45) is 5.42. The van der Waals surface area contributed by atoms with Crippen LogP contribution < -0.4 is 5.32 Å². The molecule has 0 bridgehead atoms. The zero-order valence-corrected chi connectivity index (χ0v) is 15.9. The minimum absolute atomic E-state index is 0.0182. The fourth-order valence-corrected chi connectivity index (χ4v) is 4.54. The van der Waals surface area contributed by atoms with E-state index in [0.29, 0.717) is 0 Å². The Kier molecular flexibility index (Phi) is 6.19. The fourth-order valence-electron chi connectivity index (χ4n) is 3.32. The third kappa shape index (κ3) is 5.11. The number of nitrogens with one attached hydrogen (secondary N) is 1. The topological polar surface area (TPSA) is 46.9 Å². The van der Waals surface area contributed by atoms with E-state index in [9.17, 15) is 4.79 Å². The van der Waals surface area contributed by atoms with Crippen molar-refractivity contribution in [3.8, 4) is 0 Å². The molecule has 0 aliphatic heterocycles. The van der Waals surface area contributed by atoms with E-state index in [-0.39, 0.29) is 5.91 Å².